The van der Waals surface area contributed by atoms with Crippen LogP contribution in [0.3, 0.4) is 0 Å². The van der Waals surface area contributed by atoms with Gasteiger partial charge >= 0.3 is 0 Å². The van der Waals surface area contributed by atoms with Crippen molar-refractivity contribution in [1.29, 1.82) is 5.26 Å². The smallest absolute Gasteiger partial charge is 0.234 e. The van der Waals surface area contributed by atoms with Gasteiger partial charge < -0.3 is 10.6 Å². The molecule has 2 aromatic rings. The molecule has 0 saturated carbocycles. The number of carbonyl (C=O) groups is 2. The van der Waals surface area contributed by atoms with Crippen molar-refractivity contribution >= 4 is 56.5 Å². The van der Waals surface area contributed by atoms with Crippen molar-refractivity contribution < 1.29 is 9.59 Å². The third-order valence-corrected chi connectivity index (χ3v) is 6.60. The van der Waals surface area contributed by atoms with Gasteiger partial charge in [-0.3, -0.25) is 9.59 Å². The van der Waals surface area contributed by atoms with Crippen molar-refractivity contribution in [3.05, 3.63) is 61.2 Å². The number of rotatable bonds is 5. The van der Waals surface area contributed by atoms with Crippen LogP contribution in [0.5, 0.6) is 0 Å². The Hall–Kier alpha value is -2.08. The first kappa shape index (κ1) is 19.7. The summed E-state index contributed by atoms with van der Waals surface area (Å²) >= 11 is 6.11. The van der Waals surface area contributed by atoms with E-state index in [-0.39, 0.29) is 29.9 Å². The third kappa shape index (κ3) is 5.01. The number of benzene rings is 1. The number of hydrogen-bond acceptors (Lipinski definition) is 5. The SMILES string of the molecule is Cc1ccc([C@H]2CC(=O)NC(SCC(=O)Nc3ccc(Br)cc3)=C2C#N)s1. The highest BCUT2D eigenvalue weighted by atomic mass is 79.9. The standard InChI is InChI=1S/C19H16BrN3O2S2/c1-11-2-7-16(27-11)14-8-17(24)23-19(15(14)9-21)26-10-18(25)22-13-5-3-12(20)4-6-13/h2-7,14H,8,10H2,1H3,(H,22,25)(H,23,24)/t14-/m0/s1. The Morgan fingerprint density at radius 2 is 2.11 bits per heavy atom. The fourth-order valence-corrected chi connectivity index (χ4v) is 4.81. The molecule has 0 fully saturated rings. The molecule has 2 N–H and O–H groups in total. The van der Waals surface area contributed by atoms with Crippen LogP contribution < -0.4 is 10.6 Å². The van der Waals surface area contributed by atoms with Gasteiger partial charge in [0.15, 0.2) is 0 Å². The zero-order chi connectivity index (χ0) is 19.4. The number of allylic oxidation sites excluding steroid dienone is 1. The summed E-state index contributed by atoms with van der Waals surface area (Å²) in [5, 5.41) is 15.7. The minimum absolute atomic E-state index is 0.104. The molecule has 1 aromatic carbocycles. The molecule has 2 heterocycles. The van der Waals surface area contributed by atoms with Crippen LogP contribution in [0, 0.1) is 18.3 Å². The number of nitrogens with zero attached hydrogens (tertiary/aromatic N) is 1. The van der Waals surface area contributed by atoms with Crippen LogP contribution in [0.25, 0.3) is 0 Å². The average molecular weight is 462 g/mol. The fourth-order valence-electron chi connectivity index (χ4n) is 2.68. The van der Waals surface area contributed by atoms with Crippen LogP contribution in [0.15, 0.2) is 51.5 Å². The van der Waals surface area contributed by atoms with Crippen molar-refractivity contribution in [2.75, 3.05) is 11.1 Å². The van der Waals surface area contributed by atoms with Crippen molar-refractivity contribution in [3.63, 3.8) is 0 Å². The van der Waals surface area contributed by atoms with Crippen molar-refractivity contribution in [3.8, 4) is 6.07 Å². The van der Waals surface area contributed by atoms with Gasteiger partial charge in [0.2, 0.25) is 11.8 Å². The van der Waals surface area contributed by atoms with Gasteiger partial charge in [-0.05, 0) is 43.3 Å². The Balaban J connectivity index is 1.72. The normalized spacial score (nSPS) is 16.6. The summed E-state index contributed by atoms with van der Waals surface area (Å²) in [6.45, 7) is 1.99. The van der Waals surface area contributed by atoms with Crippen LogP contribution >= 0.6 is 39.0 Å². The molecule has 138 valence electrons. The molecule has 0 bridgehead atoms. The summed E-state index contributed by atoms with van der Waals surface area (Å²) in [7, 11) is 0. The van der Waals surface area contributed by atoms with Gasteiger partial charge in [0.25, 0.3) is 0 Å². The average Bonchev–Trinajstić information content (AvgIpc) is 3.07. The number of thiophene rings is 1. The summed E-state index contributed by atoms with van der Waals surface area (Å²) in [6.07, 6.45) is 0.248. The third-order valence-electron chi connectivity index (χ3n) is 3.94. The molecule has 1 aliphatic rings. The van der Waals surface area contributed by atoms with E-state index >= 15 is 0 Å². The molecule has 0 spiro atoms. The molecule has 0 unspecified atom stereocenters. The topological polar surface area (TPSA) is 82.0 Å². The number of nitriles is 1. The first-order valence-corrected chi connectivity index (χ1v) is 10.7. The Labute approximate surface area is 174 Å². The number of thioether (sulfide) groups is 1. The van der Waals surface area contributed by atoms with Gasteiger partial charge in [-0.1, -0.05) is 27.7 Å². The monoisotopic (exact) mass is 461 g/mol. The molecular formula is C19H16BrN3O2S2. The minimum atomic E-state index is -0.250. The maximum Gasteiger partial charge on any atom is 0.234 e. The Morgan fingerprint density at radius 1 is 1.37 bits per heavy atom. The number of carbonyl (C=O) groups excluding carboxylic acids is 2. The maximum atomic E-state index is 12.2. The number of nitrogens with one attached hydrogen (secondary N) is 2. The summed E-state index contributed by atoms with van der Waals surface area (Å²) in [5.41, 5.74) is 1.20. The molecule has 5 nitrogen and oxygen atoms in total. The molecule has 0 saturated heterocycles. The van der Waals surface area contributed by atoms with Gasteiger partial charge in [0.05, 0.1) is 22.4 Å². The second kappa shape index (κ2) is 8.74. The van der Waals surface area contributed by atoms with E-state index in [2.05, 4.69) is 32.6 Å². The lowest BCUT2D eigenvalue weighted by molar-refractivity contribution is -0.121. The lowest BCUT2D eigenvalue weighted by atomic mass is 9.92. The molecule has 1 aromatic heterocycles. The predicted octanol–water partition coefficient (Wildman–Crippen LogP) is 4.53. The lowest BCUT2D eigenvalue weighted by Gasteiger charge is -2.23. The second-order valence-corrected chi connectivity index (χ2v) is 9.17. The van der Waals surface area contributed by atoms with Crippen LogP contribution in [-0.4, -0.2) is 17.6 Å². The van der Waals surface area contributed by atoms with E-state index in [1.165, 1.54) is 11.8 Å². The molecule has 0 radical (unpaired) electrons. The fraction of sp³-hybridized carbons (Fsp3) is 0.211. The first-order chi connectivity index (χ1) is 13.0. The number of hydrogen-bond donors (Lipinski definition) is 2. The molecule has 27 heavy (non-hydrogen) atoms. The highest BCUT2D eigenvalue weighted by Crippen LogP contribution is 2.38. The molecule has 3 rings (SSSR count). The lowest BCUT2D eigenvalue weighted by Crippen LogP contribution is -2.31. The molecule has 1 atom stereocenters. The van der Waals surface area contributed by atoms with E-state index < -0.39 is 0 Å². The predicted molar refractivity (Wildman–Crippen MR) is 112 cm³/mol. The van der Waals surface area contributed by atoms with Gasteiger partial charge in [0, 0.05) is 32.3 Å². The molecule has 2 amide bonds. The Morgan fingerprint density at radius 3 is 2.74 bits per heavy atom. The molecule has 0 aliphatic carbocycles. The van der Waals surface area contributed by atoms with Gasteiger partial charge in [-0.25, -0.2) is 0 Å². The van der Waals surface area contributed by atoms with Crippen LogP contribution in [-0.2, 0) is 9.59 Å². The van der Waals surface area contributed by atoms with Crippen LogP contribution in [0.1, 0.15) is 22.1 Å². The van der Waals surface area contributed by atoms with E-state index in [0.29, 0.717) is 16.3 Å². The van der Waals surface area contributed by atoms with Crippen molar-refractivity contribution in [1.82, 2.24) is 5.32 Å². The Bertz CT molecular complexity index is 945. The molecular weight excluding hydrogens is 446 g/mol. The van der Waals surface area contributed by atoms with Gasteiger partial charge in [0.1, 0.15) is 0 Å². The van der Waals surface area contributed by atoms with E-state index in [4.69, 9.17) is 0 Å². The number of amides is 2. The minimum Gasteiger partial charge on any atom is -0.325 e. The van der Waals surface area contributed by atoms with Crippen LogP contribution in [0.4, 0.5) is 5.69 Å². The van der Waals surface area contributed by atoms with E-state index in [0.717, 1.165) is 14.2 Å². The summed E-state index contributed by atoms with van der Waals surface area (Å²) in [5.74, 6) is -0.483. The summed E-state index contributed by atoms with van der Waals surface area (Å²) in [6, 6.07) is 13.4. The van der Waals surface area contributed by atoms with E-state index in [1.54, 1.807) is 23.5 Å². The zero-order valence-corrected chi connectivity index (χ0v) is 17.6. The second-order valence-electron chi connectivity index (χ2n) is 5.95. The van der Waals surface area contributed by atoms with Crippen molar-refractivity contribution in [2.24, 2.45) is 0 Å². The van der Waals surface area contributed by atoms with Gasteiger partial charge in [-0.2, -0.15) is 5.26 Å². The summed E-state index contributed by atoms with van der Waals surface area (Å²) < 4.78 is 0.929. The number of anilines is 1. The van der Waals surface area contributed by atoms with E-state index in [9.17, 15) is 14.9 Å². The van der Waals surface area contributed by atoms with E-state index in [1.807, 2.05) is 31.2 Å². The highest BCUT2D eigenvalue weighted by molar-refractivity contribution is 9.10. The summed E-state index contributed by atoms with van der Waals surface area (Å²) in [4.78, 5) is 26.5. The van der Waals surface area contributed by atoms with Gasteiger partial charge in [-0.15, -0.1) is 11.3 Å². The zero-order valence-electron chi connectivity index (χ0n) is 14.4. The largest absolute Gasteiger partial charge is 0.325 e. The Kier molecular flexibility index (Phi) is 6.37. The maximum absolute atomic E-state index is 12.2. The van der Waals surface area contributed by atoms with Crippen molar-refractivity contribution in [2.45, 2.75) is 19.3 Å². The number of halogens is 1. The quantitative estimate of drug-likeness (QED) is 0.684. The van der Waals surface area contributed by atoms with Crippen LogP contribution in [0.2, 0.25) is 0 Å². The highest BCUT2D eigenvalue weighted by Gasteiger charge is 2.30. The molecule has 1 aliphatic heterocycles. The first-order valence-electron chi connectivity index (χ1n) is 8.15. The number of aryl methyl sites for hydroxylation is 1. The molecule has 8 heteroatoms.